The molecule has 0 aliphatic heterocycles. The molecule has 0 heterocycles. The number of aliphatic imine (C=N–C) groups is 1. The minimum absolute atomic E-state index is 0. The van der Waals surface area contributed by atoms with Crippen molar-refractivity contribution in [2.75, 3.05) is 5.32 Å². The van der Waals surface area contributed by atoms with Crippen molar-refractivity contribution >= 4 is 17.3 Å². The molecule has 170 valence electrons. The van der Waals surface area contributed by atoms with Crippen molar-refractivity contribution in [1.29, 1.82) is 0 Å². The third-order valence-corrected chi connectivity index (χ3v) is 4.51. The standard InChI is InChI=1S/C25H27F2N3O2.K/c1-5-20(11-10-18(3)32-25(26)27)24(31)30-23-8-6-7-21(16-23)19(4)28-13-14-29-22-12-9-17(2)15-22;/h5-8,10-12,14-16,19,25,28H,3,9H2,1-2,4H3,(H,30,31);/q-2;+1/b11-10-,20-5+,29-22?;. The molecule has 0 aromatic heterocycles. The van der Waals surface area contributed by atoms with Gasteiger partial charge >= 0.3 is 58.0 Å². The van der Waals surface area contributed by atoms with Crippen LogP contribution in [0.5, 0.6) is 0 Å². The van der Waals surface area contributed by atoms with Crippen LogP contribution in [-0.2, 0) is 9.53 Å². The second-order valence-electron chi connectivity index (χ2n) is 7.09. The number of anilines is 1. The van der Waals surface area contributed by atoms with E-state index in [1.165, 1.54) is 17.7 Å². The molecule has 1 aliphatic rings. The van der Waals surface area contributed by atoms with Crippen LogP contribution in [0.3, 0.4) is 0 Å². The van der Waals surface area contributed by atoms with Crippen LogP contribution in [-0.4, -0.2) is 18.2 Å². The Kier molecular flexibility index (Phi) is 13.2. The number of nitrogens with one attached hydrogen (secondary N) is 2. The fourth-order valence-electron chi connectivity index (χ4n) is 2.81. The fraction of sp³-hybridized carbons (Fsp3) is 0.240. The Balaban J connectivity index is 0.00000544. The van der Waals surface area contributed by atoms with Gasteiger partial charge in [-0.05, 0) is 43.7 Å². The van der Waals surface area contributed by atoms with Crippen molar-refractivity contribution in [3.63, 3.8) is 0 Å². The number of nitrogens with zero attached hydrogens (tertiary/aromatic N) is 1. The maximum Gasteiger partial charge on any atom is 1.00 e. The van der Waals surface area contributed by atoms with Crippen LogP contribution in [0.25, 0.3) is 0 Å². The Morgan fingerprint density at radius 2 is 2.12 bits per heavy atom. The zero-order chi connectivity index (χ0) is 23.5. The van der Waals surface area contributed by atoms with Crippen molar-refractivity contribution in [2.45, 2.75) is 39.8 Å². The molecule has 1 aromatic carbocycles. The fourth-order valence-corrected chi connectivity index (χ4v) is 2.81. The first-order valence-corrected chi connectivity index (χ1v) is 10.1. The van der Waals surface area contributed by atoms with E-state index >= 15 is 0 Å². The molecular weight excluding hydrogens is 451 g/mol. The molecule has 5 nitrogen and oxygen atoms in total. The first-order valence-electron chi connectivity index (χ1n) is 10.1. The predicted molar refractivity (Wildman–Crippen MR) is 124 cm³/mol. The summed E-state index contributed by atoms with van der Waals surface area (Å²) in [5.74, 6) is -0.620. The zero-order valence-corrected chi connectivity index (χ0v) is 22.5. The van der Waals surface area contributed by atoms with E-state index in [1.807, 2.05) is 31.2 Å². The van der Waals surface area contributed by atoms with Gasteiger partial charge in [-0.1, -0.05) is 38.1 Å². The number of alkyl halides is 2. The molecule has 0 saturated carbocycles. The quantitative estimate of drug-likeness (QED) is 0.136. The molecule has 1 atom stereocenters. The Hall–Kier alpha value is -1.97. The van der Waals surface area contributed by atoms with Gasteiger partial charge in [-0.25, -0.2) is 6.42 Å². The smallest absolute Gasteiger partial charge is 0.560 e. The summed E-state index contributed by atoms with van der Waals surface area (Å²) in [5.41, 5.74) is 4.02. The zero-order valence-electron chi connectivity index (χ0n) is 19.4. The minimum Gasteiger partial charge on any atom is -0.560 e. The van der Waals surface area contributed by atoms with Gasteiger partial charge in [0.1, 0.15) is 5.76 Å². The number of carbonyl (C=O) groups excluding carboxylic acids is 1. The van der Waals surface area contributed by atoms with E-state index in [4.69, 9.17) is 0 Å². The van der Waals surface area contributed by atoms with Gasteiger partial charge in [0.05, 0.1) is 0 Å². The van der Waals surface area contributed by atoms with E-state index in [-0.39, 0.29) is 74.7 Å². The van der Waals surface area contributed by atoms with E-state index in [2.05, 4.69) is 46.5 Å². The number of halogens is 2. The van der Waals surface area contributed by atoms with Crippen LogP contribution in [0.2, 0.25) is 0 Å². The molecule has 0 saturated heterocycles. The number of benzene rings is 1. The Morgan fingerprint density at radius 1 is 1.36 bits per heavy atom. The van der Waals surface area contributed by atoms with E-state index in [9.17, 15) is 13.6 Å². The third kappa shape index (κ3) is 10.7. The normalized spacial score (nSPS) is 15.9. The Morgan fingerprint density at radius 3 is 2.76 bits per heavy atom. The molecule has 1 unspecified atom stereocenters. The van der Waals surface area contributed by atoms with Gasteiger partial charge in [0.15, 0.2) is 0 Å². The number of allylic oxidation sites excluding steroid dienone is 4. The number of carbonyl (C=O) groups is 1. The van der Waals surface area contributed by atoms with Crippen LogP contribution < -0.4 is 62.0 Å². The Bertz CT molecular complexity index is 982. The second-order valence-corrected chi connectivity index (χ2v) is 7.09. The SMILES string of the molecule is C=C(/C=C\C(=C/C)C(=O)Nc1cccc(C(C)N[C-]=CN=C2C=C(C)C[CH-]2)c1)OC(F)F.[K+]. The average Bonchev–Trinajstić information content (AvgIpc) is 3.16. The summed E-state index contributed by atoms with van der Waals surface area (Å²) < 4.78 is 28.5. The summed E-state index contributed by atoms with van der Waals surface area (Å²) >= 11 is 0. The number of hydrogen-bond acceptors (Lipinski definition) is 4. The number of ether oxygens (including phenoxy) is 1. The van der Waals surface area contributed by atoms with Gasteiger partial charge in [0.2, 0.25) is 0 Å². The molecule has 8 heteroatoms. The maximum absolute atomic E-state index is 12.5. The number of rotatable bonds is 10. The summed E-state index contributed by atoms with van der Waals surface area (Å²) in [6.45, 7) is 6.09. The molecule has 33 heavy (non-hydrogen) atoms. The van der Waals surface area contributed by atoms with Crippen LogP contribution in [0.15, 0.2) is 83.2 Å². The third-order valence-electron chi connectivity index (χ3n) is 4.51. The van der Waals surface area contributed by atoms with Gasteiger partial charge in [-0.15, -0.1) is 11.9 Å². The van der Waals surface area contributed by atoms with Gasteiger partial charge in [-0.2, -0.15) is 20.4 Å². The first kappa shape index (κ1) is 29.1. The topological polar surface area (TPSA) is 62.7 Å². The van der Waals surface area contributed by atoms with Crippen LogP contribution >= 0.6 is 0 Å². The molecule has 0 radical (unpaired) electrons. The largest absolute Gasteiger partial charge is 1.00 e. The number of hydrogen-bond donors (Lipinski definition) is 2. The van der Waals surface area contributed by atoms with Gasteiger partial charge in [-0.3, -0.25) is 4.79 Å². The van der Waals surface area contributed by atoms with Gasteiger partial charge in [0, 0.05) is 17.3 Å². The summed E-state index contributed by atoms with van der Waals surface area (Å²) in [6, 6.07) is 7.30. The molecule has 1 amide bonds. The average molecular weight is 479 g/mol. The molecule has 2 N–H and O–H groups in total. The van der Waals surface area contributed by atoms with Crippen molar-refractivity contribution in [2.24, 2.45) is 4.99 Å². The van der Waals surface area contributed by atoms with Crippen molar-refractivity contribution in [3.05, 3.63) is 96.4 Å². The molecule has 0 bridgehead atoms. The first-order chi connectivity index (χ1) is 15.3. The van der Waals surface area contributed by atoms with E-state index in [0.29, 0.717) is 5.69 Å². The molecule has 0 fully saturated rings. The monoisotopic (exact) mass is 478 g/mol. The molecule has 0 spiro atoms. The van der Waals surface area contributed by atoms with Crippen LogP contribution in [0.1, 0.15) is 38.8 Å². The molecule has 1 aromatic rings. The van der Waals surface area contributed by atoms with E-state index < -0.39 is 6.61 Å². The minimum atomic E-state index is -2.96. The molecular formula is C25H27F2KN3O2-. The summed E-state index contributed by atoms with van der Waals surface area (Å²) in [7, 11) is 0. The van der Waals surface area contributed by atoms with Crippen molar-refractivity contribution in [1.82, 2.24) is 5.32 Å². The molecule has 2 rings (SSSR count). The molecule has 1 aliphatic carbocycles. The van der Waals surface area contributed by atoms with Crippen LogP contribution in [0, 0.1) is 12.6 Å². The summed E-state index contributed by atoms with van der Waals surface area (Å²) in [4.78, 5) is 16.8. The van der Waals surface area contributed by atoms with Crippen molar-refractivity contribution < 1.29 is 69.7 Å². The maximum atomic E-state index is 12.5. The number of amides is 1. The van der Waals surface area contributed by atoms with Crippen LogP contribution in [0.4, 0.5) is 14.5 Å². The van der Waals surface area contributed by atoms with E-state index in [0.717, 1.165) is 17.7 Å². The predicted octanol–water partition coefficient (Wildman–Crippen LogP) is 2.80. The Labute approximate surface area is 236 Å². The summed E-state index contributed by atoms with van der Waals surface area (Å²) in [6.07, 6.45) is 13.7. The van der Waals surface area contributed by atoms with E-state index in [1.54, 1.807) is 25.3 Å². The summed E-state index contributed by atoms with van der Waals surface area (Å²) in [5, 5.41) is 5.93. The van der Waals surface area contributed by atoms with Gasteiger partial charge in [0.25, 0.3) is 5.91 Å². The van der Waals surface area contributed by atoms with Gasteiger partial charge < -0.3 is 26.6 Å². The second kappa shape index (κ2) is 15.0. The van der Waals surface area contributed by atoms with Crippen molar-refractivity contribution in [3.8, 4) is 0 Å².